The summed E-state index contributed by atoms with van der Waals surface area (Å²) in [5.41, 5.74) is 1.09. The monoisotopic (exact) mass is 370 g/mol. The maximum atomic E-state index is 12.4. The molecule has 3 aromatic rings. The highest BCUT2D eigenvalue weighted by Crippen LogP contribution is 2.21. The van der Waals surface area contributed by atoms with Gasteiger partial charge in [0.15, 0.2) is 0 Å². The van der Waals surface area contributed by atoms with Gasteiger partial charge in [-0.05, 0) is 31.1 Å². The molecule has 1 N–H and O–H groups in total. The predicted octanol–water partition coefficient (Wildman–Crippen LogP) is 3.15. The van der Waals surface area contributed by atoms with Gasteiger partial charge >= 0.3 is 0 Å². The molecule has 0 aliphatic carbocycles. The average Bonchev–Trinajstić information content (AvgIpc) is 3.31. The summed E-state index contributed by atoms with van der Waals surface area (Å²) in [6.07, 6.45) is 0.733. The van der Waals surface area contributed by atoms with Gasteiger partial charge in [-0.1, -0.05) is 41.6 Å². The van der Waals surface area contributed by atoms with Crippen molar-refractivity contribution < 1.29 is 9.32 Å². The molecule has 0 unspecified atom stereocenters. The molecular formula is C19H22N4O2S. The standard InChI is InChI=1S/C19H22N4O2S/c1-23(2)13-15(14-7-4-3-5-8-14)20-17(24)10-11-18-21-19(22-25-18)16-9-6-12-26-16/h3-9,12,15H,10-11,13H2,1-2H3,(H,20,24)/t15-/m1/s1. The van der Waals surface area contributed by atoms with Gasteiger partial charge in [-0.2, -0.15) is 4.98 Å². The van der Waals surface area contributed by atoms with E-state index in [4.69, 9.17) is 4.52 Å². The van der Waals surface area contributed by atoms with Crippen molar-refractivity contribution in [1.82, 2.24) is 20.4 Å². The minimum atomic E-state index is -0.0527. The summed E-state index contributed by atoms with van der Waals surface area (Å²) in [5.74, 6) is 1.02. The van der Waals surface area contributed by atoms with Crippen LogP contribution in [0.1, 0.15) is 23.9 Å². The molecule has 2 heterocycles. The van der Waals surface area contributed by atoms with Gasteiger partial charge in [0.1, 0.15) is 0 Å². The first-order valence-electron chi connectivity index (χ1n) is 8.47. The van der Waals surface area contributed by atoms with Crippen molar-refractivity contribution in [2.45, 2.75) is 18.9 Å². The number of hydrogen-bond donors (Lipinski definition) is 1. The highest BCUT2D eigenvalue weighted by molar-refractivity contribution is 7.13. The fourth-order valence-electron chi connectivity index (χ4n) is 2.63. The molecule has 1 aromatic carbocycles. The number of amides is 1. The zero-order valence-electron chi connectivity index (χ0n) is 14.9. The maximum absolute atomic E-state index is 12.4. The zero-order chi connectivity index (χ0) is 18.4. The van der Waals surface area contributed by atoms with Crippen molar-refractivity contribution in [3.8, 4) is 10.7 Å². The van der Waals surface area contributed by atoms with Crippen molar-refractivity contribution in [3.63, 3.8) is 0 Å². The number of carbonyl (C=O) groups is 1. The van der Waals surface area contributed by atoms with Crippen LogP contribution in [-0.2, 0) is 11.2 Å². The molecular weight excluding hydrogens is 348 g/mol. The number of hydrogen-bond acceptors (Lipinski definition) is 6. The molecule has 6 nitrogen and oxygen atoms in total. The van der Waals surface area contributed by atoms with Gasteiger partial charge in [0.2, 0.25) is 17.6 Å². The molecule has 0 saturated heterocycles. The van der Waals surface area contributed by atoms with Gasteiger partial charge in [-0.15, -0.1) is 11.3 Å². The van der Waals surface area contributed by atoms with Crippen molar-refractivity contribution in [2.24, 2.45) is 0 Å². The first-order chi connectivity index (χ1) is 12.6. The number of likely N-dealkylation sites (N-methyl/N-ethyl adjacent to an activating group) is 1. The Morgan fingerprint density at radius 2 is 2.04 bits per heavy atom. The SMILES string of the molecule is CN(C)C[C@@H](NC(=O)CCc1nc(-c2cccs2)no1)c1ccccc1. The number of rotatable bonds is 8. The summed E-state index contributed by atoms with van der Waals surface area (Å²) in [7, 11) is 3.99. The summed E-state index contributed by atoms with van der Waals surface area (Å²) in [5, 5.41) is 9.04. The molecule has 0 bridgehead atoms. The van der Waals surface area contributed by atoms with Gasteiger partial charge < -0.3 is 14.7 Å². The third-order valence-electron chi connectivity index (χ3n) is 3.86. The Kier molecular flexibility index (Phi) is 6.14. The first-order valence-corrected chi connectivity index (χ1v) is 9.35. The van der Waals surface area contributed by atoms with Crippen LogP contribution in [0.5, 0.6) is 0 Å². The second-order valence-corrected chi connectivity index (χ2v) is 7.23. The van der Waals surface area contributed by atoms with E-state index in [9.17, 15) is 4.79 Å². The fraction of sp³-hybridized carbons (Fsp3) is 0.316. The number of aromatic nitrogens is 2. The first kappa shape index (κ1) is 18.3. The third kappa shape index (κ3) is 5.00. The molecule has 3 rings (SSSR count). The second-order valence-electron chi connectivity index (χ2n) is 6.28. The zero-order valence-corrected chi connectivity index (χ0v) is 15.7. The van der Waals surface area contributed by atoms with E-state index >= 15 is 0 Å². The minimum absolute atomic E-state index is 0.0309. The molecule has 0 radical (unpaired) electrons. The van der Waals surface area contributed by atoms with Crippen LogP contribution in [0.2, 0.25) is 0 Å². The lowest BCUT2D eigenvalue weighted by molar-refractivity contribution is -0.122. The molecule has 0 spiro atoms. The predicted molar refractivity (Wildman–Crippen MR) is 102 cm³/mol. The molecule has 7 heteroatoms. The van der Waals surface area contributed by atoms with Crippen LogP contribution in [0.4, 0.5) is 0 Å². The Morgan fingerprint density at radius 3 is 2.73 bits per heavy atom. The number of thiophene rings is 1. The van der Waals surface area contributed by atoms with Crippen molar-refractivity contribution in [2.75, 3.05) is 20.6 Å². The van der Waals surface area contributed by atoms with Gasteiger partial charge in [-0.25, -0.2) is 0 Å². The van der Waals surface area contributed by atoms with Gasteiger partial charge in [0.25, 0.3) is 0 Å². The van der Waals surface area contributed by atoms with Crippen LogP contribution < -0.4 is 5.32 Å². The highest BCUT2D eigenvalue weighted by Gasteiger charge is 2.17. The van der Waals surface area contributed by atoms with Gasteiger partial charge in [-0.3, -0.25) is 4.79 Å². The number of nitrogens with zero attached hydrogens (tertiary/aromatic N) is 3. The Labute approximate surface area is 156 Å². The van der Waals surface area contributed by atoms with Crippen LogP contribution in [-0.4, -0.2) is 41.6 Å². The topological polar surface area (TPSA) is 71.3 Å². The summed E-state index contributed by atoms with van der Waals surface area (Å²) in [4.78, 5) is 19.8. The van der Waals surface area contributed by atoms with E-state index in [2.05, 4.69) is 20.4 Å². The lowest BCUT2D eigenvalue weighted by Gasteiger charge is -2.22. The summed E-state index contributed by atoms with van der Waals surface area (Å²) in [6.45, 7) is 0.735. The number of nitrogens with one attached hydrogen (secondary N) is 1. The van der Waals surface area contributed by atoms with E-state index in [0.29, 0.717) is 24.6 Å². The van der Waals surface area contributed by atoms with Crippen molar-refractivity contribution >= 4 is 17.2 Å². The lowest BCUT2D eigenvalue weighted by atomic mass is 10.1. The summed E-state index contributed by atoms with van der Waals surface area (Å²) < 4.78 is 5.25. The van der Waals surface area contributed by atoms with E-state index in [-0.39, 0.29) is 11.9 Å². The maximum Gasteiger partial charge on any atom is 0.227 e. The molecule has 0 fully saturated rings. The molecule has 26 heavy (non-hydrogen) atoms. The van der Waals surface area contributed by atoms with Gasteiger partial charge in [0.05, 0.1) is 10.9 Å². The van der Waals surface area contributed by atoms with Crippen LogP contribution >= 0.6 is 11.3 Å². The number of aryl methyl sites for hydroxylation is 1. The number of benzene rings is 1. The molecule has 1 atom stereocenters. The summed E-state index contributed by atoms with van der Waals surface area (Å²) >= 11 is 1.56. The smallest absolute Gasteiger partial charge is 0.227 e. The van der Waals surface area contributed by atoms with E-state index < -0.39 is 0 Å². The van der Waals surface area contributed by atoms with Crippen LogP contribution in [0.25, 0.3) is 10.7 Å². The molecule has 0 aliphatic rings. The second kappa shape index (κ2) is 8.73. The third-order valence-corrected chi connectivity index (χ3v) is 4.73. The quantitative estimate of drug-likeness (QED) is 0.659. The molecule has 2 aromatic heterocycles. The van der Waals surface area contributed by atoms with Crippen molar-refractivity contribution in [1.29, 1.82) is 0 Å². The Morgan fingerprint density at radius 1 is 1.23 bits per heavy atom. The van der Waals surface area contributed by atoms with Gasteiger partial charge in [0, 0.05) is 19.4 Å². The van der Waals surface area contributed by atoms with Crippen LogP contribution in [0.15, 0.2) is 52.4 Å². The normalized spacial score (nSPS) is 12.3. The Bertz CT molecular complexity index is 815. The fourth-order valence-corrected chi connectivity index (χ4v) is 3.28. The average molecular weight is 370 g/mol. The van der Waals surface area contributed by atoms with E-state index in [1.807, 2.05) is 61.9 Å². The molecule has 0 saturated carbocycles. The molecule has 1 amide bonds. The molecule has 0 aliphatic heterocycles. The largest absolute Gasteiger partial charge is 0.348 e. The highest BCUT2D eigenvalue weighted by atomic mass is 32.1. The summed E-state index contributed by atoms with van der Waals surface area (Å²) in [6, 6.07) is 13.8. The Hall–Kier alpha value is -2.51. The Balaban J connectivity index is 1.57. The van der Waals surface area contributed by atoms with Crippen LogP contribution in [0.3, 0.4) is 0 Å². The van der Waals surface area contributed by atoms with E-state index in [0.717, 1.165) is 17.0 Å². The van der Waals surface area contributed by atoms with E-state index in [1.54, 1.807) is 11.3 Å². The van der Waals surface area contributed by atoms with E-state index in [1.165, 1.54) is 0 Å². The lowest BCUT2D eigenvalue weighted by Crippen LogP contribution is -2.35. The van der Waals surface area contributed by atoms with Crippen molar-refractivity contribution in [3.05, 3.63) is 59.3 Å². The minimum Gasteiger partial charge on any atom is -0.348 e. The molecule has 136 valence electrons. The number of carbonyl (C=O) groups excluding carboxylic acids is 1. The van der Waals surface area contributed by atoms with Crippen LogP contribution in [0, 0.1) is 0 Å².